The summed E-state index contributed by atoms with van der Waals surface area (Å²) < 4.78 is 25.0. The molecule has 2 amide bonds. The Morgan fingerprint density at radius 3 is 2.19 bits per heavy atom. The summed E-state index contributed by atoms with van der Waals surface area (Å²) >= 11 is 0. The van der Waals surface area contributed by atoms with Crippen molar-refractivity contribution in [1.29, 1.82) is 0 Å². The Labute approximate surface area is 182 Å². The van der Waals surface area contributed by atoms with Crippen LogP contribution in [0.2, 0.25) is 0 Å². The summed E-state index contributed by atoms with van der Waals surface area (Å²) in [6.07, 6.45) is 0. The van der Waals surface area contributed by atoms with E-state index in [0.717, 1.165) is 5.56 Å². The fourth-order valence-corrected chi connectivity index (χ4v) is 4.39. The molecule has 0 atom stereocenters. The molecular weight excluding hydrogens is 412 g/mol. The third-order valence-electron chi connectivity index (χ3n) is 4.82. The Kier molecular flexibility index (Phi) is 6.87. The largest absolute Gasteiger partial charge is 0.342 e. The predicted molar refractivity (Wildman–Crippen MR) is 120 cm³/mol. The van der Waals surface area contributed by atoms with Gasteiger partial charge >= 0.3 is 0 Å². The van der Waals surface area contributed by atoms with E-state index in [4.69, 9.17) is 0 Å². The molecule has 3 rings (SSSR count). The van der Waals surface area contributed by atoms with Crippen LogP contribution in [0.4, 0.5) is 5.69 Å². The van der Waals surface area contributed by atoms with E-state index in [1.807, 2.05) is 18.2 Å². The van der Waals surface area contributed by atoms with Crippen molar-refractivity contribution in [2.24, 2.45) is 0 Å². The van der Waals surface area contributed by atoms with Crippen LogP contribution >= 0.6 is 0 Å². The number of nitrogens with one attached hydrogen (secondary N) is 1. The molecule has 6 nitrogen and oxygen atoms in total. The Balaban J connectivity index is 1.66. The molecule has 0 heterocycles. The minimum atomic E-state index is -3.44. The highest BCUT2D eigenvalue weighted by Crippen LogP contribution is 2.18. The first-order chi connectivity index (χ1) is 14.7. The van der Waals surface area contributed by atoms with E-state index < -0.39 is 9.84 Å². The normalized spacial score (nSPS) is 11.0. The number of benzene rings is 3. The summed E-state index contributed by atoms with van der Waals surface area (Å²) in [5.41, 5.74) is 2.55. The van der Waals surface area contributed by atoms with Crippen LogP contribution < -0.4 is 5.32 Å². The van der Waals surface area contributed by atoms with Crippen LogP contribution in [0, 0.1) is 0 Å². The lowest BCUT2D eigenvalue weighted by atomic mass is 10.1. The van der Waals surface area contributed by atoms with Crippen LogP contribution in [0.15, 0.2) is 83.8 Å². The van der Waals surface area contributed by atoms with Gasteiger partial charge in [-0.2, -0.15) is 0 Å². The Morgan fingerprint density at radius 1 is 0.871 bits per heavy atom. The topological polar surface area (TPSA) is 83.6 Å². The molecule has 0 saturated heterocycles. The third kappa shape index (κ3) is 6.02. The maximum absolute atomic E-state index is 12.6. The van der Waals surface area contributed by atoms with E-state index in [-0.39, 0.29) is 22.5 Å². The van der Waals surface area contributed by atoms with Gasteiger partial charge in [-0.05, 0) is 47.5 Å². The number of carbonyl (C=O) groups excluding carboxylic acids is 2. The summed E-state index contributed by atoms with van der Waals surface area (Å²) in [5.74, 6) is -0.469. The average Bonchev–Trinajstić information content (AvgIpc) is 2.75. The van der Waals surface area contributed by atoms with Gasteiger partial charge in [-0.3, -0.25) is 9.59 Å². The molecule has 0 aliphatic carbocycles. The monoisotopic (exact) mass is 436 g/mol. The van der Waals surface area contributed by atoms with Gasteiger partial charge in [-0.15, -0.1) is 0 Å². The highest BCUT2D eigenvalue weighted by atomic mass is 32.2. The zero-order valence-corrected chi connectivity index (χ0v) is 18.2. The van der Waals surface area contributed by atoms with Crippen LogP contribution in [0.1, 0.15) is 28.4 Å². The van der Waals surface area contributed by atoms with Crippen molar-refractivity contribution in [3.05, 3.63) is 95.6 Å². The zero-order chi connectivity index (χ0) is 22.4. The van der Waals surface area contributed by atoms with E-state index >= 15 is 0 Å². The highest BCUT2D eigenvalue weighted by Gasteiger charge is 2.15. The molecule has 0 radical (unpaired) electrons. The van der Waals surface area contributed by atoms with Gasteiger partial charge in [0, 0.05) is 31.8 Å². The van der Waals surface area contributed by atoms with Crippen LogP contribution in [-0.2, 0) is 26.9 Å². The summed E-state index contributed by atoms with van der Waals surface area (Å²) in [4.78, 5) is 25.8. The van der Waals surface area contributed by atoms with Crippen molar-refractivity contribution < 1.29 is 18.0 Å². The fourth-order valence-electron chi connectivity index (χ4n) is 3.02. The first-order valence-corrected chi connectivity index (χ1v) is 11.4. The SMILES string of the molecule is CC(=O)N(C)Cc1cccc(NC(=O)c2ccc(CS(=O)(=O)c3ccccc3)cc2)c1. The first-order valence-electron chi connectivity index (χ1n) is 9.73. The van der Waals surface area contributed by atoms with E-state index in [1.54, 1.807) is 72.6 Å². The van der Waals surface area contributed by atoms with Crippen LogP contribution in [0.25, 0.3) is 0 Å². The number of amides is 2. The van der Waals surface area contributed by atoms with Crippen LogP contribution in [-0.4, -0.2) is 32.2 Å². The maximum Gasteiger partial charge on any atom is 0.255 e. The second kappa shape index (κ2) is 9.57. The molecule has 0 unspecified atom stereocenters. The fraction of sp³-hybridized carbons (Fsp3) is 0.167. The van der Waals surface area contributed by atoms with Gasteiger partial charge in [-0.1, -0.05) is 42.5 Å². The summed E-state index contributed by atoms with van der Waals surface area (Å²) in [5, 5.41) is 2.83. The Morgan fingerprint density at radius 2 is 1.55 bits per heavy atom. The van der Waals surface area contributed by atoms with E-state index in [2.05, 4.69) is 5.32 Å². The predicted octanol–water partition coefficient (Wildman–Crippen LogP) is 3.89. The smallest absolute Gasteiger partial charge is 0.255 e. The van der Waals surface area contributed by atoms with Crippen molar-refractivity contribution in [2.75, 3.05) is 12.4 Å². The molecule has 0 aliphatic heterocycles. The molecular formula is C24H24N2O4S. The number of rotatable bonds is 7. The zero-order valence-electron chi connectivity index (χ0n) is 17.4. The molecule has 160 valence electrons. The first kappa shape index (κ1) is 22.2. The molecule has 0 spiro atoms. The van der Waals surface area contributed by atoms with Gasteiger partial charge in [0.1, 0.15) is 0 Å². The second-order valence-electron chi connectivity index (χ2n) is 7.30. The third-order valence-corrected chi connectivity index (χ3v) is 6.52. The number of anilines is 1. The lowest BCUT2D eigenvalue weighted by molar-refractivity contribution is -0.128. The van der Waals surface area contributed by atoms with Crippen molar-refractivity contribution in [3.8, 4) is 0 Å². The number of hydrogen-bond donors (Lipinski definition) is 1. The maximum atomic E-state index is 12.6. The molecule has 3 aromatic carbocycles. The lowest BCUT2D eigenvalue weighted by Crippen LogP contribution is -2.23. The van der Waals surface area contributed by atoms with E-state index in [9.17, 15) is 18.0 Å². The summed E-state index contributed by atoms with van der Waals surface area (Å²) in [6, 6.07) is 22.1. The number of nitrogens with zero attached hydrogens (tertiary/aromatic N) is 1. The van der Waals surface area contributed by atoms with Crippen molar-refractivity contribution in [1.82, 2.24) is 4.90 Å². The van der Waals surface area contributed by atoms with Gasteiger partial charge in [-0.25, -0.2) is 8.42 Å². The van der Waals surface area contributed by atoms with Gasteiger partial charge in [0.15, 0.2) is 9.84 Å². The quantitative estimate of drug-likeness (QED) is 0.609. The molecule has 0 aliphatic rings. The van der Waals surface area contributed by atoms with Crippen LogP contribution in [0.5, 0.6) is 0 Å². The molecule has 0 aromatic heterocycles. The van der Waals surface area contributed by atoms with Gasteiger partial charge < -0.3 is 10.2 Å². The second-order valence-corrected chi connectivity index (χ2v) is 9.29. The van der Waals surface area contributed by atoms with Gasteiger partial charge in [0.05, 0.1) is 10.6 Å². The molecule has 7 heteroatoms. The van der Waals surface area contributed by atoms with Gasteiger partial charge in [0.2, 0.25) is 5.91 Å². The van der Waals surface area contributed by atoms with Crippen molar-refractivity contribution in [2.45, 2.75) is 24.1 Å². The summed E-state index contributed by atoms with van der Waals surface area (Å²) in [6.45, 7) is 1.95. The Hall–Kier alpha value is -3.45. The van der Waals surface area contributed by atoms with Gasteiger partial charge in [0.25, 0.3) is 5.91 Å². The molecule has 1 N–H and O–H groups in total. The number of sulfone groups is 1. The van der Waals surface area contributed by atoms with Crippen LogP contribution in [0.3, 0.4) is 0 Å². The number of hydrogen-bond acceptors (Lipinski definition) is 4. The minimum absolute atomic E-state index is 0.0381. The molecule has 0 bridgehead atoms. The molecule has 0 fully saturated rings. The highest BCUT2D eigenvalue weighted by molar-refractivity contribution is 7.90. The van der Waals surface area contributed by atoms with Crippen molar-refractivity contribution >= 4 is 27.3 Å². The summed E-state index contributed by atoms with van der Waals surface area (Å²) in [7, 11) is -1.73. The van der Waals surface area contributed by atoms with E-state index in [0.29, 0.717) is 23.4 Å². The Bertz CT molecular complexity index is 1170. The lowest BCUT2D eigenvalue weighted by Gasteiger charge is -2.15. The molecule has 31 heavy (non-hydrogen) atoms. The van der Waals surface area contributed by atoms with E-state index in [1.165, 1.54) is 6.92 Å². The van der Waals surface area contributed by atoms with Crippen molar-refractivity contribution in [3.63, 3.8) is 0 Å². The molecule has 0 saturated carbocycles. The molecule has 3 aromatic rings. The minimum Gasteiger partial charge on any atom is -0.342 e. The average molecular weight is 437 g/mol. The number of carbonyl (C=O) groups is 2. The standard InChI is InChI=1S/C24H24N2O4S/c1-18(27)26(2)16-20-7-6-8-22(15-20)25-24(28)21-13-11-19(12-14-21)17-31(29,30)23-9-4-3-5-10-23/h3-15H,16-17H2,1-2H3,(H,25,28).